The van der Waals surface area contributed by atoms with Crippen molar-refractivity contribution in [2.75, 3.05) is 45.9 Å². The summed E-state index contributed by atoms with van der Waals surface area (Å²) in [5.41, 5.74) is 3.38. The lowest BCUT2D eigenvalue weighted by atomic mass is 9.98. The molecule has 0 saturated carbocycles. The fourth-order valence-electron chi connectivity index (χ4n) is 2.88. The average Bonchev–Trinajstić information content (AvgIpc) is 2.55. The van der Waals surface area contributed by atoms with Crippen molar-refractivity contribution in [2.24, 2.45) is 0 Å². The fraction of sp³-hybridized carbons (Fsp3) is 0.562. The van der Waals surface area contributed by atoms with Crippen LogP contribution in [0.3, 0.4) is 0 Å². The number of ether oxygens (including phenoxy) is 1. The number of hydrogen-bond donors (Lipinski definition) is 2. The molecule has 5 heteroatoms. The maximum Gasteiger partial charge on any atom is 0.251 e. The first-order valence-electron chi connectivity index (χ1n) is 7.74. The first-order chi connectivity index (χ1) is 10.3. The number of carbonyl (C=O) groups excluding carboxylic acids is 1. The molecule has 2 aliphatic heterocycles. The van der Waals surface area contributed by atoms with Gasteiger partial charge in [0.05, 0.1) is 13.2 Å². The number of fused-ring (bicyclic) bond motifs is 1. The quantitative estimate of drug-likeness (QED) is 0.842. The third kappa shape index (κ3) is 3.81. The van der Waals surface area contributed by atoms with Gasteiger partial charge in [0.25, 0.3) is 5.91 Å². The number of carbonyl (C=O) groups is 1. The third-order valence-corrected chi connectivity index (χ3v) is 4.17. The summed E-state index contributed by atoms with van der Waals surface area (Å²) in [5.74, 6) is 0.0247. The minimum Gasteiger partial charge on any atom is -0.379 e. The van der Waals surface area contributed by atoms with E-state index in [1.54, 1.807) is 0 Å². The summed E-state index contributed by atoms with van der Waals surface area (Å²) < 4.78 is 5.31. The molecule has 0 bridgehead atoms. The fourth-order valence-corrected chi connectivity index (χ4v) is 2.88. The zero-order valence-corrected chi connectivity index (χ0v) is 12.4. The molecule has 0 radical (unpaired) electrons. The number of nitrogens with one attached hydrogen (secondary N) is 2. The zero-order valence-electron chi connectivity index (χ0n) is 12.4. The lowest BCUT2D eigenvalue weighted by Crippen LogP contribution is -2.41. The van der Waals surface area contributed by atoms with Crippen molar-refractivity contribution in [1.82, 2.24) is 15.5 Å². The van der Waals surface area contributed by atoms with Crippen LogP contribution in [0, 0.1) is 0 Å². The molecule has 1 aromatic carbocycles. The Labute approximate surface area is 125 Å². The molecule has 0 spiro atoms. The predicted molar refractivity (Wildman–Crippen MR) is 81.4 cm³/mol. The van der Waals surface area contributed by atoms with Crippen LogP contribution in [0.2, 0.25) is 0 Å². The minimum atomic E-state index is 0.0247. The molecule has 114 valence electrons. The van der Waals surface area contributed by atoms with Crippen molar-refractivity contribution in [2.45, 2.75) is 13.0 Å². The molecule has 0 aromatic heterocycles. The van der Waals surface area contributed by atoms with Gasteiger partial charge in [0.1, 0.15) is 0 Å². The smallest absolute Gasteiger partial charge is 0.251 e. The van der Waals surface area contributed by atoms with E-state index in [-0.39, 0.29) is 5.91 Å². The van der Waals surface area contributed by atoms with Gasteiger partial charge >= 0.3 is 0 Å². The van der Waals surface area contributed by atoms with Gasteiger partial charge in [0.15, 0.2) is 0 Å². The first-order valence-corrected chi connectivity index (χ1v) is 7.74. The van der Waals surface area contributed by atoms with E-state index in [9.17, 15) is 4.79 Å². The van der Waals surface area contributed by atoms with Crippen molar-refractivity contribution in [3.8, 4) is 0 Å². The summed E-state index contributed by atoms with van der Waals surface area (Å²) in [6, 6.07) is 6.05. The van der Waals surface area contributed by atoms with Gasteiger partial charge in [0, 0.05) is 38.3 Å². The lowest BCUT2D eigenvalue weighted by molar-refractivity contribution is 0.0383. The summed E-state index contributed by atoms with van der Waals surface area (Å²) in [6.45, 7) is 6.98. The van der Waals surface area contributed by atoms with E-state index in [0.717, 1.165) is 57.9 Å². The van der Waals surface area contributed by atoms with Gasteiger partial charge in [-0.1, -0.05) is 6.07 Å². The van der Waals surface area contributed by atoms with Crippen LogP contribution in [-0.4, -0.2) is 56.7 Å². The Morgan fingerprint density at radius 1 is 1.29 bits per heavy atom. The Balaban J connectivity index is 1.50. The topological polar surface area (TPSA) is 53.6 Å². The average molecular weight is 289 g/mol. The van der Waals surface area contributed by atoms with Crippen molar-refractivity contribution in [3.05, 3.63) is 34.9 Å². The Hall–Kier alpha value is -1.43. The number of morpholine rings is 1. The van der Waals surface area contributed by atoms with Gasteiger partial charge in [-0.05, 0) is 36.2 Å². The summed E-state index contributed by atoms with van der Waals surface area (Å²) >= 11 is 0. The molecule has 2 heterocycles. The Morgan fingerprint density at radius 3 is 3.00 bits per heavy atom. The van der Waals surface area contributed by atoms with E-state index >= 15 is 0 Å². The standard InChI is InChI=1S/C16H23N3O2/c20-16(18-5-6-19-7-9-21-10-8-19)14-2-1-13-3-4-17-12-15(13)11-14/h1-2,11,17H,3-10,12H2,(H,18,20). The lowest BCUT2D eigenvalue weighted by Gasteiger charge is -2.26. The summed E-state index contributed by atoms with van der Waals surface area (Å²) in [7, 11) is 0. The van der Waals surface area contributed by atoms with Crippen molar-refractivity contribution in [3.63, 3.8) is 0 Å². The molecule has 1 aromatic rings. The second kappa shape index (κ2) is 7.02. The summed E-state index contributed by atoms with van der Waals surface area (Å²) in [5, 5.41) is 6.35. The molecule has 2 N–H and O–H groups in total. The molecule has 0 atom stereocenters. The second-order valence-corrected chi connectivity index (χ2v) is 5.62. The van der Waals surface area contributed by atoms with E-state index in [1.807, 2.05) is 12.1 Å². The molecular formula is C16H23N3O2. The van der Waals surface area contributed by atoms with Gasteiger partial charge in [-0.2, -0.15) is 0 Å². The Kier molecular flexibility index (Phi) is 4.85. The molecule has 3 rings (SSSR count). The number of amides is 1. The van der Waals surface area contributed by atoms with Gasteiger partial charge in [-0.3, -0.25) is 9.69 Å². The molecule has 0 unspecified atom stereocenters. The van der Waals surface area contributed by atoms with Crippen molar-refractivity contribution in [1.29, 1.82) is 0 Å². The maximum atomic E-state index is 12.2. The van der Waals surface area contributed by atoms with Gasteiger partial charge in [-0.25, -0.2) is 0 Å². The maximum absolute atomic E-state index is 12.2. The first kappa shape index (κ1) is 14.5. The molecule has 1 saturated heterocycles. The van der Waals surface area contributed by atoms with E-state index in [4.69, 9.17) is 4.74 Å². The molecule has 21 heavy (non-hydrogen) atoms. The van der Waals surface area contributed by atoms with E-state index in [1.165, 1.54) is 11.1 Å². The van der Waals surface area contributed by atoms with Crippen LogP contribution in [0.4, 0.5) is 0 Å². The highest BCUT2D eigenvalue weighted by atomic mass is 16.5. The van der Waals surface area contributed by atoms with E-state index in [2.05, 4.69) is 21.6 Å². The van der Waals surface area contributed by atoms with Crippen LogP contribution < -0.4 is 10.6 Å². The van der Waals surface area contributed by atoms with Gasteiger partial charge < -0.3 is 15.4 Å². The molecule has 0 aliphatic carbocycles. The largest absolute Gasteiger partial charge is 0.379 e. The highest BCUT2D eigenvalue weighted by Gasteiger charge is 2.13. The van der Waals surface area contributed by atoms with Crippen LogP contribution in [0.1, 0.15) is 21.5 Å². The van der Waals surface area contributed by atoms with Gasteiger partial charge in [-0.15, -0.1) is 0 Å². The van der Waals surface area contributed by atoms with Crippen LogP contribution in [-0.2, 0) is 17.7 Å². The summed E-state index contributed by atoms with van der Waals surface area (Å²) in [4.78, 5) is 14.5. The third-order valence-electron chi connectivity index (χ3n) is 4.17. The number of benzene rings is 1. The highest BCUT2D eigenvalue weighted by Crippen LogP contribution is 2.15. The van der Waals surface area contributed by atoms with Crippen LogP contribution >= 0.6 is 0 Å². The molecule has 5 nitrogen and oxygen atoms in total. The Morgan fingerprint density at radius 2 is 2.14 bits per heavy atom. The number of nitrogens with zero attached hydrogens (tertiary/aromatic N) is 1. The second-order valence-electron chi connectivity index (χ2n) is 5.62. The Bertz CT molecular complexity index is 498. The van der Waals surface area contributed by atoms with Crippen LogP contribution in [0.5, 0.6) is 0 Å². The summed E-state index contributed by atoms with van der Waals surface area (Å²) in [6.07, 6.45) is 1.05. The number of hydrogen-bond acceptors (Lipinski definition) is 4. The monoisotopic (exact) mass is 289 g/mol. The molecule has 2 aliphatic rings. The normalized spacial score (nSPS) is 19.0. The van der Waals surface area contributed by atoms with E-state index < -0.39 is 0 Å². The van der Waals surface area contributed by atoms with Crippen LogP contribution in [0.15, 0.2) is 18.2 Å². The molecular weight excluding hydrogens is 266 g/mol. The SMILES string of the molecule is O=C(NCCN1CCOCC1)c1ccc2c(c1)CNCC2. The zero-order chi connectivity index (χ0) is 14.5. The van der Waals surface area contributed by atoms with Crippen molar-refractivity contribution < 1.29 is 9.53 Å². The van der Waals surface area contributed by atoms with Crippen molar-refractivity contribution >= 4 is 5.91 Å². The molecule has 1 amide bonds. The highest BCUT2D eigenvalue weighted by molar-refractivity contribution is 5.94. The predicted octanol–water partition coefficient (Wildman–Crippen LogP) is 0.394. The minimum absolute atomic E-state index is 0.0247. The van der Waals surface area contributed by atoms with Crippen LogP contribution in [0.25, 0.3) is 0 Å². The van der Waals surface area contributed by atoms with Gasteiger partial charge in [0.2, 0.25) is 0 Å². The van der Waals surface area contributed by atoms with E-state index in [0.29, 0.717) is 6.54 Å². The number of rotatable bonds is 4. The molecule has 1 fully saturated rings.